The molecule has 1 aromatic carbocycles. The van der Waals surface area contributed by atoms with Crippen molar-refractivity contribution in [2.75, 3.05) is 0 Å². The summed E-state index contributed by atoms with van der Waals surface area (Å²) in [6, 6.07) is 13.5. The van der Waals surface area contributed by atoms with Gasteiger partial charge in [-0.15, -0.1) is 0 Å². The molecule has 0 aliphatic rings. The molecule has 4 heteroatoms. The lowest BCUT2D eigenvalue weighted by molar-refractivity contribution is 0.899. The molecule has 2 rings (SSSR count). The summed E-state index contributed by atoms with van der Waals surface area (Å²) in [7, 11) is 1.87. The lowest BCUT2D eigenvalue weighted by atomic mass is 10.2. The molecule has 0 bridgehead atoms. The van der Waals surface area contributed by atoms with Gasteiger partial charge in [0.25, 0.3) is 0 Å². The van der Waals surface area contributed by atoms with E-state index in [1.807, 2.05) is 31.3 Å². The van der Waals surface area contributed by atoms with Crippen LogP contribution in [0.3, 0.4) is 0 Å². The molecule has 1 aromatic heterocycles. The topological polar surface area (TPSA) is 67.6 Å². The predicted octanol–water partition coefficient (Wildman–Crippen LogP) is 1.25. The second kappa shape index (κ2) is 6.71. The Morgan fingerprint density at radius 3 is 2.41 bits per heavy atom. The van der Waals surface area contributed by atoms with Crippen LogP contribution in [-0.4, -0.2) is 9.55 Å². The van der Waals surface area contributed by atoms with E-state index in [2.05, 4.69) is 16.9 Å². The van der Waals surface area contributed by atoms with E-state index in [0.29, 0.717) is 5.56 Å². The normalized spacial score (nSPS) is 8.00. The average molecular weight is 224 g/mol. The second-order valence-electron chi connectivity index (χ2n) is 3.14. The van der Waals surface area contributed by atoms with Gasteiger partial charge in [-0.2, -0.15) is 5.26 Å². The van der Waals surface area contributed by atoms with Gasteiger partial charge in [0, 0.05) is 13.1 Å². The number of nitrogens with zero attached hydrogens (tertiary/aromatic N) is 3. The monoisotopic (exact) mass is 224 g/mol. The molecule has 1 heterocycles. The van der Waals surface area contributed by atoms with E-state index < -0.39 is 0 Å². The van der Waals surface area contributed by atoms with Crippen LogP contribution >= 0.6 is 0 Å². The highest BCUT2D eigenvalue weighted by atomic mass is 15.0. The van der Waals surface area contributed by atoms with Gasteiger partial charge in [-0.1, -0.05) is 18.2 Å². The Labute approximate surface area is 100 Å². The Hall–Kier alpha value is -2.72. The Morgan fingerprint density at radius 2 is 2.00 bits per heavy atom. The summed E-state index contributed by atoms with van der Waals surface area (Å²) >= 11 is 0. The molecule has 0 saturated carbocycles. The zero-order valence-corrected chi connectivity index (χ0v) is 9.46. The summed E-state index contributed by atoms with van der Waals surface area (Å²) in [5.41, 5.74) is 6.53. The SMILES string of the molecule is Cn1cncc1C#CN.N#Cc1ccccc1. The number of aryl methyl sites for hydroxylation is 1. The molecule has 0 aliphatic carbocycles. The molecule has 0 radical (unpaired) electrons. The Morgan fingerprint density at radius 1 is 1.29 bits per heavy atom. The first kappa shape index (κ1) is 12.4. The summed E-state index contributed by atoms with van der Waals surface area (Å²) in [6.45, 7) is 0. The van der Waals surface area contributed by atoms with Gasteiger partial charge in [0.15, 0.2) is 0 Å². The third kappa shape index (κ3) is 4.11. The molecule has 0 amide bonds. The second-order valence-corrected chi connectivity index (χ2v) is 3.14. The van der Waals surface area contributed by atoms with E-state index in [1.165, 1.54) is 0 Å². The van der Waals surface area contributed by atoms with Crippen molar-refractivity contribution in [2.45, 2.75) is 0 Å². The van der Waals surface area contributed by atoms with Gasteiger partial charge in [-0.05, 0) is 18.1 Å². The highest BCUT2D eigenvalue weighted by Crippen LogP contribution is 1.93. The Bertz CT molecular complexity index is 552. The van der Waals surface area contributed by atoms with Crippen LogP contribution in [0, 0.1) is 23.3 Å². The number of aromatic nitrogens is 2. The van der Waals surface area contributed by atoms with E-state index in [0.717, 1.165) is 5.69 Å². The molecule has 0 fully saturated rings. The van der Waals surface area contributed by atoms with Crippen LogP contribution in [0.5, 0.6) is 0 Å². The Kier molecular flexibility index (Phi) is 4.87. The van der Waals surface area contributed by atoms with Crippen LogP contribution in [0.4, 0.5) is 0 Å². The summed E-state index contributed by atoms with van der Waals surface area (Å²) < 4.78 is 1.81. The van der Waals surface area contributed by atoms with E-state index in [9.17, 15) is 0 Å². The third-order valence-corrected chi connectivity index (χ3v) is 1.92. The van der Waals surface area contributed by atoms with E-state index in [-0.39, 0.29) is 0 Å². The van der Waals surface area contributed by atoms with Crippen LogP contribution in [0.1, 0.15) is 11.3 Å². The van der Waals surface area contributed by atoms with Crippen molar-refractivity contribution in [1.82, 2.24) is 9.55 Å². The summed E-state index contributed by atoms with van der Waals surface area (Å²) in [5, 5.41) is 8.29. The maximum Gasteiger partial charge on any atom is 0.113 e. The molecule has 17 heavy (non-hydrogen) atoms. The van der Waals surface area contributed by atoms with E-state index >= 15 is 0 Å². The first-order chi connectivity index (χ1) is 8.27. The quantitative estimate of drug-likeness (QED) is 0.541. The highest BCUT2D eigenvalue weighted by molar-refractivity contribution is 5.27. The van der Waals surface area contributed by atoms with E-state index in [1.54, 1.807) is 29.2 Å². The predicted molar refractivity (Wildman–Crippen MR) is 65.4 cm³/mol. The van der Waals surface area contributed by atoms with Crippen LogP contribution < -0.4 is 5.73 Å². The van der Waals surface area contributed by atoms with Gasteiger partial charge in [0.05, 0.1) is 24.2 Å². The van der Waals surface area contributed by atoms with Gasteiger partial charge in [0.2, 0.25) is 0 Å². The molecule has 2 N–H and O–H groups in total. The van der Waals surface area contributed by atoms with E-state index in [4.69, 9.17) is 11.0 Å². The van der Waals surface area contributed by atoms with Crippen molar-refractivity contribution in [1.29, 1.82) is 5.26 Å². The molecular formula is C13H12N4. The van der Waals surface area contributed by atoms with Crippen molar-refractivity contribution in [3.63, 3.8) is 0 Å². The molecule has 0 unspecified atom stereocenters. The van der Waals surface area contributed by atoms with Gasteiger partial charge >= 0.3 is 0 Å². The number of hydrogen-bond acceptors (Lipinski definition) is 3. The minimum atomic E-state index is 0.715. The minimum Gasteiger partial charge on any atom is -0.359 e. The maximum absolute atomic E-state index is 8.29. The lowest BCUT2D eigenvalue weighted by Gasteiger charge is -1.87. The lowest BCUT2D eigenvalue weighted by Crippen LogP contribution is -1.89. The minimum absolute atomic E-state index is 0.715. The Balaban J connectivity index is 0.000000171. The van der Waals surface area contributed by atoms with Gasteiger partial charge < -0.3 is 10.3 Å². The van der Waals surface area contributed by atoms with Gasteiger partial charge in [-0.25, -0.2) is 4.98 Å². The van der Waals surface area contributed by atoms with Gasteiger partial charge in [0.1, 0.15) is 5.69 Å². The summed E-state index contributed by atoms with van der Waals surface area (Å²) in [6.07, 6.45) is 3.35. The molecule has 0 saturated heterocycles. The number of rotatable bonds is 0. The van der Waals surface area contributed by atoms with Crippen LogP contribution in [0.15, 0.2) is 42.9 Å². The van der Waals surface area contributed by atoms with Crippen molar-refractivity contribution >= 4 is 0 Å². The smallest absolute Gasteiger partial charge is 0.113 e. The molecule has 2 aromatic rings. The molecule has 0 atom stereocenters. The maximum atomic E-state index is 8.29. The molecule has 4 nitrogen and oxygen atoms in total. The summed E-state index contributed by atoms with van der Waals surface area (Å²) in [5.74, 6) is 2.68. The number of hydrogen-bond donors (Lipinski definition) is 1. The zero-order valence-electron chi connectivity index (χ0n) is 9.46. The van der Waals surface area contributed by atoms with Crippen molar-refractivity contribution in [3.8, 4) is 18.0 Å². The number of nitrogens with two attached hydrogens (primary N) is 1. The largest absolute Gasteiger partial charge is 0.359 e. The van der Waals surface area contributed by atoms with Crippen LogP contribution in [0.25, 0.3) is 0 Å². The first-order valence-corrected chi connectivity index (χ1v) is 4.91. The first-order valence-electron chi connectivity index (χ1n) is 4.91. The number of benzene rings is 1. The third-order valence-electron chi connectivity index (χ3n) is 1.92. The van der Waals surface area contributed by atoms with Crippen molar-refractivity contribution < 1.29 is 0 Å². The highest BCUT2D eigenvalue weighted by Gasteiger charge is 1.88. The fraction of sp³-hybridized carbons (Fsp3) is 0.0769. The molecule has 0 aliphatic heterocycles. The van der Waals surface area contributed by atoms with Crippen LogP contribution in [0.2, 0.25) is 0 Å². The standard InChI is InChI=1S/C7H5N.C6H7N3/c8-6-7-4-2-1-3-5-7;1-9-5-8-4-6(9)2-3-7/h1-5H;4-5H,7H2,1H3. The fourth-order valence-electron chi connectivity index (χ4n) is 1.06. The van der Waals surface area contributed by atoms with Gasteiger partial charge in [-0.3, -0.25) is 0 Å². The molecule has 84 valence electrons. The van der Waals surface area contributed by atoms with Crippen molar-refractivity contribution in [3.05, 3.63) is 54.1 Å². The summed E-state index contributed by atoms with van der Waals surface area (Å²) in [4.78, 5) is 3.85. The van der Waals surface area contributed by atoms with Crippen molar-refractivity contribution in [2.24, 2.45) is 12.8 Å². The average Bonchev–Trinajstić information content (AvgIpc) is 2.78. The fourth-order valence-corrected chi connectivity index (χ4v) is 1.06. The molecule has 0 spiro atoms. The molecular weight excluding hydrogens is 212 g/mol. The number of nitriles is 1. The number of imidazole rings is 1. The van der Waals surface area contributed by atoms with Crippen LogP contribution in [-0.2, 0) is 7.05 Å². The zero-order chi connectivity index (χ0) is 12.5.